The number of amides is 1. The highest BCUT2D eigenvalue weighted by Gasteiger charge is 2.36. The molecule has 1 aromatic heterocycles. The van der Waals surface area contributed by atoms with Crippen molar-refractivity contribution in [2.45, 2.75) is 51.1 Å². The number of carbonyl (C=O) groups is 1. The summed E-state index contributed by atoms with van der Waals surface area (Å²) < 4.78 is 1.52. The fourth-order valence-corrected chi connectivity index (χ4v) is 3.80. The van der Waals surface area contributed by atoms with E-state index in [0.29, 0.717) is 18.5 Å². The van der Waals surface area contributed by atoms with E-state index in [2.05, 4.69) is 24.6 Å². The Bertz CT molecular complexity index is 593. The van der Waals surface area contributed by atoms with Crippen LogP contribution in [0.25, 0.3) is 0 Å². The summed E-state index contributed by atoms with van der Waals surface area (Å²) in [5, 5.41) is 0. The van der Waals surface area contributed by atoms with Gasteiger partial charge in [0.2, 0.25) is 0 Å². The highest BCUT2D eigenvalue weighted by molar-refractivity contribution is 7.78. The number of nitrogens with zero attached hydrogens (tertiary/aromatic N) is 3. The minimum absolute atomic E-state index is 0.0347. The van der Waals surface area contributed by atoms with Gasteiger partial charge in [0.25, 0.3) is 5.91 Å². The topological polar surface area (TPSA) is 36.4 Å². The zero-order chi connectivity index (χ0) is 14.6. The third-order valence-corrected chi connectivity index (χ3v) is 5.35. The summed E-state index contributed by atoms with van der Waals surface area (Å²) >= 11 is 4.29. The summed E-state index contributed by atoms with van der Waals surface area (Å²) in [7, 11) is 0. The molecule has 1 aliphatic carbocycles. The Kier molecular flexibility index (Phi) is 3.23. The molecule has 0 bridgehead atoms. The van der Waals surface area contributed by atoms with E-state index >= 15 is 0 Å². The maximum absolute atomic E-state index is 12.3. The van der Waals surface area contributed by atoms with Crippen molar-refractivity contribution < 1.29 is 4.79 Å². The van der Waals surface area contributed by atoms with E-state index in [9.17, 15) is 4.79 Å². The lowest BCUT2D eigenvalue weighted by molar-refractivity contribution is 0.0891. The highest BCUT2D eigenvalue weighted by Crippen LogP contribution is 2.44. The molecule has 0 aromatic carbocycles. The van der Waals surface area contributed by atoms with Gasteiger partial charge in [0.05, 0.1) is 12.2 Å². The molecule has 0 radical (unpaired) electrons. The maximum Gasteiger partial charge on any atom is 0.264 e. The number of fused-ring (bicyclic) bond motifs is 1. The largest absolute Gasteiger partial charge is 0.295 e. The predicted octanol–water partition coefficient (Wildman–Crippen LogP) is 2.92. The second kappa shape index (κ2) is 4.99. The number of rotatable bonds is 3. The molecule has 1 atom stereocenters. The molecule has 1 saturated heterocycles. The molecule has 112 valence electrons. The van der Waals surface area contributed by atoms with Gasteiger partial charge in [-0.1, -0.05) is 12.8 Å². The Hall–Kier alpha value is -1.07. The van der Waals surface area contributed by atoms with Gasteiger partial charge in [0.1, 0.15) is 0 Å². The SMILES string of the molecule is CC(c1cc2c(c(C3CC3)n1)CN(S)C2=O)N1CCCC1. The molecule has 1 aromatic rings. The maximum atomic E-state index is 12.3. The van der Waals surface area contributed by atoms with Crippen molar-refractivity contribution in [3.8, 4) is 0 Å². The van der Waals surface area contributed by atoms with E-state index in [0.717, 1.165) is 29.9 Å². The molecule has 1 amide bonds. The van der Waals surface area contributed by atoms with Crippen LogP contribution in [0.4, 0.5) is 0 Å². The van der Waals surface area contributed by atoms with Crippen LogP contribution in [-0.4, -0.2) is 33.2 Å². The van der Waals surface area contributed by atoms with Gasteiger partial charge in [0.15, 0.2) is 0 Å². The molecule has 5 heteroatoms. The summed E-state index contributed by atoms with van der Waals surface area (Å²) in [5.41, 5.74) is 4.19. The highest BCUT2D eigenvalue weighted by atomic mass is 32.1. The lowest BCUT2D eigenvalue weighted by atomic mass is 10.0. The van der Waals surface area contributed by atoms with Crippen molar-refractivity contribution >= 4 is 18.7 Å². The van der Waals surface area contributed by atoms with Crippen LogP contribution in [0.3, 0.4) is 0 Å². The van der Waals surface area contributed by atoms with Crippen molar-refractivity contribution in [2.24, 2.45) is 0 Å². The van der Waals surface area contributed by atoms with E-state index in [-0.39, 0.29) is 5.91 Å². The quantitative estimate of drug-likeness (QED) is 0.872. The van der Waals surface area contributed by atoms with Crippen LogP contribution in [0.2, 0.25) is 0 Å². The minimum Gasteiger partial charge on any atom is -0.295 e. The van der Waals surface area contributed by atoms with Crippen molar-refractivity contribution in [3.63, 3.8) is 0 Å². The molecule has 4 nitrogen and oxygen atoms in total. The first-order valence-corrected chi connectivity index (χ1v) is 8.33. The molecule has 2 fully saturated rings. The fraction of sp³-hybridized carbons (Fsp3) is 0.625. The molecule has 1 unspecified atom stereocenters. The average Bonchev–Trinajstić information content (AvgIpc) is 3.11. The molecular formula is C16H21N3OS. The predicted molar refractivity (Wildman–Crippen MR) is 84.3 cm³/mol. The number of hydrogen-bond donors (Lipinski definition) is 1. The summed E-state index contributed by atoms with van der Waals surface area (Å²) in [6.45, 7) is 5.11. The zero-order valence-electron chi connectivity index (χ0n) is 12.4. The lowest BCUT2D eigenvalue weighted by Gasteiger charge is -2.24. The van der Waals surface area contributed by atoms with Gasteiger partial charge in [0, 0.05) is 28.8 Å². The van der Waals surface area contributed by atoms with E-state index in [1.165, 1.54) is 35.7 Å². The zero-order valence-corrected chi connectivity index (χ0v) is 13.3. The average molecular weight is 303 g/mol. The van der Waals surface area contributed by atoms with Gasteiger partial charge in [-0.2, -0.15) is 0 Å². The van der Waals surface area contributed by atoms with Crippen molar-refractivity contribution in [3.05, 3.63) is 28.6 Å². The van der Waals surface area contributed by atoms with E-state index in [1.807, 2.05) is 6.07 Å². The molecule has 2 aliphatic heterocycles. The van der Waals surface area contributed by atoms with Gasteiger partial charge >= 0.3 is 0 Å². The van der Waals surface area contributed by atoms with Crippen LogP contribution in [0.5, 0.6) is 0 Å². The number of aromatic nitrogens is 1. The Labute approximate surface area is 131 Å². The number of pyridine rings is 1. The number of carbonyl (C=O) groups excluding carboxylic acids is 1. The second-order valence-corrected chi connectivity index (χ2v) is 7.00. The third kappa shape index (κ3) is 2.27. The van der Waals surface area contributed by atoms with Crippen LogP contribution in [-0.2, 0) is 6.54 Å². The van der Waals surface area contributed by atoms with Gasteiger partial charge in [-0.25, -0.2) is 0 Å². The fourth-order valence-electron chi connectivity index (χ4n) is 3.55. The summed E-state index contributed by atoms with van der Waals surface area (Å²) in [4.78, 5) is 19.7. The third-order valence-electron chi connectivity index (χ3n) is 5.03. The lowest BCUT2D eigenvalue weighted by Crippen LogP contribution is -2.24. The van der Waals surface area contributed by atoms with Crippen LogP contribution in [0.15, 0.2) is 6.07 Å². The van der Waals surface area contributed by atoms with E-state index in [1.54, 1.807) is 0 Å². The van der Waals surface area contributed by atoms with Gasteiger partial charge < -0.3 is 0 Å². The molecule has 3 aliphatic rings. The number of thiol groups is 1. The summed E-state index contributed by atoms with van der Waals surface area (Å²) in [6.07, 6.45) is 4.96. The first-order chi connectivity index (χ1) is 10.1. The van der Waals surface area contributed by atoms with Crippen molar-refractivity contribution in [1.82, 2.24) is 14.2 Å². The Morgan fingerprint density at radius 1 is 1.33 bits per heavy atom. The van der Waals surface area contributed by atoms with Crippen molar-refractivity contribution in [1.29, 1.82) is 0 Å². The first-order valence-electron chi connectivity index (χ1n) is 7.93. The Morgan fingerprint density at radius 3 is 2.71 bits per heavy atom. The molecule has 3 heterocycles. The normalized spacial score (nSPS) is 23.7. The van der Waals surface area contributed by atoms with Crippen LogP contribution < -0.4 is 0 Å². The minimum atomic E-state index is 0.0347. The molecule has 0 spiro atoms. The smallest absolute Gasteiger partial charge is 0.264 e. The van der Waals surface area contributed by atoms with Crippen LogP contribution >= 0.6 is 12.8 Å². The molecule has 4 rings (SSSR count). The molecule has 21 heavy (non-hydrogen) atoms. The van der Waals surface area contributed by atoms with Crippen molar-refractivity contribution in [2.75, 3.05) is 13.1 Å². The Morgan fingerprint density at radius 2 is 2.05 bits per heavy atom. The summed E-state index contributed by atoms with van der Waals surface area (Å²) in [6, 6.07) is 2.32. The van der Waals surface area contributed by atoms with Gasteiger partial charge in [-0.05, 0) is 51.8 Å². The Balaban J connectivity index is 1.75. The number of likely N-dealkylation sites (tertiary alicyclic amines) is 1. The molecule has 0 N–H and O–H groups in total. The van der Waals surface area contributed by atoms with E-state index in [4.69, 9.17) is 4.98 Å². The standard InChI is InChI=1S/C16H21N3OS/c1-10(18-6-2-3-7-18)14-8-12-13(9-19(21)16(12)20)15(17-14)11-4-5-11/h8,10-11,21H,2-7,9H2,1H3. The second-order valence-electron chi connectivity index (χ2n) is 6.51. The van der Waals surface area contributed by atoms with Crippen LogP contribution in [0, 0.1) is 0 Å². The van der Waals surface area contributed by atoms with Crippen LogP contribution in [0.1, 0.15) is 71.9 Å². The monoisotopic (exact) mass is 303 g/mol. The first kappa shape index (κ1) is 13.6. The van der Waals surface area contributed by atoms with Gasteiger partial charge in [-0.3, -0.25) is 19.0 Å². The summed E-state index contributed by atoms with van der Waals surface area (Å²) in [5.74, 6) is 0.601. The van der Waals surface area contributed by atoms with E-state index < -0.39 is 0 Å². The molecule has 1 saturated carbocycles. The van der Waals surface area contributed by atoms with Gasteiger partial charge in [-0.15, -0.1) is 0 Å². The number of hydrogen-bond acceptors (Lipinski definition) is 4. The molecular weight excluding hydrogens is 282 g/mol.